The lowest BCUT2D eigenvalue weighted by molar-refractivity contribution is 0.265. The predicted molar refractivity (Wildman–Crippen MR) is 36.6 cm³/mol. The summed E-state index contributed by atoms with van der Waals surface area (Å²) < 4.78 is 0. The molecule has 1 fully saturated rings. The van der Waals surface area contributed by atoms with Crippen LogP contribution in [0, 0.1) is 0 Å². The smallest absolute Gasteiger partial charge is 0.0895 e. The summed E-state index contributed by atoms with van der Waals surface area (Å²) >= 11 is 0. The molecule has 0 aromatic carbocycles. The number of rotatable bonds is 1. The van der Waals surface area contributed by atoms with E-state index in [4.69, 9.17) is 5.73 Å². The van der Waals surface area contributed by atoms with Gasteiger partial charge in [0, 0.05) is 0 Å². The molecule has 0 radical (unpaired) electrons. The van der Waals surface area contributed by atoms with Crippen LogP contribution in [-0.2, 0) is 0 Å². The highest BCUT2D eigenvalue weighted by Crippen LogP contribution is 1.99. The van der Waals surface area contributed by atoms with Gasteiger partial charge in [0.05, 0.1) is 19.0 Å². The normalized spacial score (nSPS) is 37.7. The zero-order chi connectivity index (χ0) is 6.85. The molecule has 4 nitrogen and oxygen atoms in total. The van der Waals surface area contributed by atoms with Crippen molar-refractivity contribution in [2.24, 2.45) is 5.73 Å². The monoisotopic (exact) mass is 130 g/mol. The summed E-state index contributed by atoms with van der Waals surface area (Å²) in [6, 6.07) is 0. The fourth-order valence-corrected chi connectivity index (χ4v) is 1.13. The number of nitrogens with one attached hydrogen (secondary N) is 2. The van der Waals surface area contributed by atoms with E-state index in [2.05, 4.69) is 15.5 Å². The van der Waals surface area contributed by atoms with Gasteiger partial charge >= 0.3 is 0 Å². The van der Waals surface area contributed by atoms with Crippen LogP contribution < -0.4 is 16.4 Å². The Morgan fingerprint density at radius 3 is 2.67 bits per heavy atom. The molecule has 1 heterocycles. The molecule has 0 saturated carbocycles. The van der Waals surface area contributed by atoms with Crippen LogP contribution in [0.15, 0.2) is 0 Å². The van der Waals surface area contributed by atoms with Crippen molar-refractivity contribution in [3.63, 3.8) is 0 Å². The van der Waals surface area contributed by atoms with Gasteiger partial charge in [-0.25, -0.2) is 0 Å². The Labute approximate surface area is 55.4 Å². The van der Waals surface area contributed by atoms with E-state index in [-0.39, 0.29) is 12.3 Å². The molecule has 1 aliphatic heterocycles. The Hall–Kier alpha value is -0.160. The molecular formula is C5H14N4. The topological polar surface area (TPSA) is 53.3 Å². The quantitative estimate of drug-likeness (QED) is 0.396. The van der Waals surface area contributed by atoms with Crippen LogP contribution in [0.1, 0.15) is 0 Å². The van der Waals surface area contributed by atoms with Gasteiger partial charge in [0.2, 0.25) is 0 Å². The largest absolute Gasteiger partial charge is 0.313 e. The van der Waals surface area contributed by atoms with Crippen molar-refractivity contribution in [1.29, 1.82) is 0 Å². The van der Waals surface area contributed by atoms with Crippen LogP contribution >= 0.6 is 0 Å². The number of nitrogens with zero attached hydrogens (tertiary/aromatic N) is 1. The van der Waals surface area contributed by atoms with Gasteiger partial charge in [-0.15, -0.1) is 0 Å². The molecule has 2 atom stereocenters. The molecule has 1 saturated heterocycles. The summed E-state index contributed by atoms with van der Waals surface area (Å²) in [5, 5.41) is 6.21. The van der Waals surface area contributed by atoms with Gasteiger partial charge in [-0.1, -0.05) is 0 Å². The predicted octanol–water partition coefficient (Wildman–Crippen LogP) is -1.69. The third-order valence-electron chi connectivity index (χ3n) is 1.69. The van der Waals surface area contributed by atoms with Crippen molar-refractivity contribution >= 4 is 0 Å². The highest BCUT2D eigenvalue weighted by atomic mass is 15.4. The van der Waals surface area contributed by atoms with Crippen LogP contribution in [0.25, 0.3) is 0 Å². The first-order valence-corrected chi connectivity index (χ1v) is 3.12. The van der Waals surface area contributed by atoms with Crippen LogP contribution in [-0.4, -0.2) is 38.0 Å². The molecule has 0 unspecified atom stereocenters. The SMILES string of the molecule is CN[C@@H]1[C@H](N)NCN1C. The average Bonchev–Trinajstić information content (AvgIpc) is 2.12. The van der Waals surface area contributed by atoms with Crippen LogP contribution in [0.3, 0.4) is 0 Å². The number of likely N-dealkylation sites (N-methyl/N-ethyl adjacent to an activating group) is 2. The van der Waals surface area contributed by atoms with Crippen LogP contribution in [0.2, 0.25) is 0 Å². The summed E-state index contributed by atoms with van der Waals surface area (Å²) in [5.41, 5.74) is 5.66. The van der Waals surface area contributed by atoms with Crippen molar-refractivity contribution in [2.75, 3.05) is 20.8 Å². The van der Waals surface area contributed by atoms with E-state index in [9.17, 15) is 0 Å². The lowest BCUT2D eigenvalue weighted by Crippen LogP contribution is -2.49. The molecule has 1 rings (SSSR count). The van der Waals surface area contributed by atoms with Gasteiger partial charge in [-0.3, -0.25) is 10.2 Å². The van der Waals surface area contributed by atoms with E-state index in [1.807, 2.05) is 14.1 Å². The summed E-state index contributed by atoms with van der Waals surface area (Å²) in [7, 11) is 3.94. The second-order valence-electron chi connectivity index (χ2n) is 2.38. The minimum absolute atomic E-state index is 0.0694. The standard InChI is InChI=1S/C5H14N4/c1-7-5-4(6)8-3-9(5)2/h4-5,7-8H,3,6H2,1-2H3/t4-,5+/m1/s1. The van der Waals surface area contributed by atoms with Crippen molar-refractivity contribution in [2.45, 2.75) is 12.3 Å². The summed E-state index contributed by atoms with van der Waals surface area (Å²) in [6.07, 6.45) is 0.352. The lowest BCUT2D eigenvalue weighted by atomic mass is 10.4. The molecule has 4 N–H and O–H groups in total. The number of hydrogen-bond donors (Lipinski definition) is 3. The van der Waals surface area contributed by atoms with E-state index in [0.717, 1.165) is 6.67 Å². The van der Waals surface area contributed by atoms with Gasteiger partial charge in [0.25, 0.3) is 0 Å². The molecule has 0 spiro atoms. The highest BCUT2D eigenvalue weighted by molar-refractivity contribution is 4.80. The van der Waals surface area contributed by atoms with Crippen molar-refractivity contribution in [3.8, 4) is 0 Å². The van der Waals surface area contributed by atoms with Crippen molar-refractivity contribution < 1.29 is 0 Å². The third kappa shape index (κ3) is 1.21. The lowest BCUT2D eigenvalue weighted by Gasteiger charge is -2.19. The minimum Gasteiger partial charge on any atom is -0.313 e. The van der Waals surface area contributed by atoms with E-state index in [1.54, 1.807) is 0 Å². The summed E-state index contributed by atoms with van der Waals surface area (Å²) in [6.45, 7) is 0.868. The second kappa shape index (κ2) is 2.62. The molecular weight excluding hydrogens is 116 g/mol. The van der Waals surface area contributed by atoms with Crippen LogP contribution in [0.5, 0.6) is 0 Å². The van der Waals surface area contributed by atoms with Crippen molar-refractivity contribution in [3.05, 3.63) is 0 Å². The highest BCUT2D eigenvalue weighted by Gasteiger charge is 2.25. The van der Waals surface area contributed by atoms with E-state index < -0.39 is 0 Å². The summed E-state index contributed by atoms with van der Waals surface area (Å²) in [4.78, 5) is 2.13. The summed E-state index contributed by atoms with van der Waals surface area (Å²) in [5.74, 6) is 0. The average molecular weight is 130 g/mol. The Balaban J connectivity index is 2.44. The molecule has 0 bridgehead atoms. The van der Waals surface area contributed by atoms with Gasteiger partial charge in [0.15, 0.2) is 0 Å². The maximum atomic E-state index is 5.66. The fourth-order valence-electron chi connectivity index (χ4n) is 1.13. The molecule has 54 valence electrons. The fraction of sp³-hybridized carbons (Fsp3) is 1.00. The number of nitrogens with two attached hydrogens (primary N) is 1. The van der Waals surface area contributed by atoms with Crippen molar-refractivity contribution in [1.82, 2.24) is 15.5 Å². The Morgan fingerprint density at radius 1 is 1.78 bits per heavy atom. The Morgan fingerprint density at radius 2 is 2.44 bits per heavy atom. The van der Waals surface area contributed by atoms with Gasteiger partial charge < -0.3 is 11.1 Å². The molecule has 0 amide bonds. The molecule has 0 aromatic rings. The zero-order valence-electron chi connectivity index (χ0n) is 5.89. The Bertz CT molecular complexity index is 85.0. The van der Waals surface area contributed by atoms with E-state index in [0.29, 0.717) is 0 Å². The minimum atomic E-state index is 0.0694. The molecule has 9 heavy (non-hydrogen) atoms. The van der Waals surface area contributed by atoms with E-state index >= 15 is 0 Å². The maximum absolute atomic E-state index is 5.66. The second-order valence-corrected chi connectivity index (χ2v) is 2.38. The Kier molecular flexibility index (Phi) is 2.02. The van der Waals surface area contributed by atoms with Gasteiger partial charge in [0.1, 0.15) is 0 Å². The van der Waals surface area contributed by atoms with Gasteiger partial charge in [-0.2, -0.15) is 0 Å². The molecule has 4 heteroatoms. The maximum Gasteiger partial charge on any atom is 0.0895 e. The third-order valence-corrected chi connectivity index (χ3v) is 1.69. The van der Waals surface area contributed by atoms with E-state index in [1.165, 1.54) is 0 Å². The molecule has 1 aliphatic rings. The molecule has 0 aromatic heterocycles. The number of hydrogen-bond acceptors (Lipinski definition) is 4. The first-order valence-electron chi connectivity index (χ1n) is 3.12. The molecule has 0 aliphatic carbocycles. The first kappa shape index (κ1) is 6.95. The van der Waals surface area contributed by atoms with Gasteiger partial charge in [-0.05, 0) is 14.1 Å². The van der Waals surface area contributed by atoms with Crippen LogP contribution in [0.4, 0.5) is 0 Å². The first-order chi connectivity index (χ1) is 4.25. The zero-order valence-corrected chi connectivity index (χ0v) is 5.89.